The summed E-state index contributed by atoms with van der Waals surface area (Å²) >= 11 is 6.22. The predicted octanol–water partition coefficient (Wildman–Crippen LogP) is 3.50. The third kappa shape index (κ3) is 3.28. The molecule has 0 saturated carbocycles. The fourth-order valence-electron chi connectivity index (χ4n) is 4.20. The molecular formula is C25H16BClN3O. The van der Waals surface area contributed by atoms with Crippen molar-refractivity contribution in [2.45, 2.75) is 0 Å². The Morgan fingerprint density at radius 1 is 0.839 bits per heavy atom. The Kier molecular flexibility index (Phi) is 4.78. The molecule has 1 radical (unpaired) electrons. The molecule has 2 aliphatic heterocycles. The van der Waals surface area contributed by atoms with Gasteiger partial charge in [0.25, 0.3) is 6.35 Å². The SMILES string of the molecule is N#Cc1ccc(C2=CC3=CC(Cl)=[N+]N=C3[B-](c3ccccc3)(c3ccccc3)O2)cc1. The number of benzene rings is 3. The maximum Gasteiger partial charge on any atom is 0.381 e. The molecule has 0 saturated heterocycles. The van der Waals surface area contributed by atoms with Gasteiger partial charge in [0.15, 0.2) is 0 Å². The van der Waals surface area contributed by atoms with E-state index in [1.165, 1.54) is 0 Å². The Labute approximate surface area is 185 Å². The van der Waals surface area contributed by atoms with Crippen LogP contribution in [0.3, 0.4) is 0 Å². The first-order valence-corrected chi connectivity index (χ1v) is 10.3. The second-order valence-corrected chi connectivity index (χ2v) is 7.82. The minimum absolute atomic E-state index is 0.321. The Bertz CT molecular complexity index is 1260. The van der Waals surface area contributed by atoms with E-state index in [9.17, 15) is 0 Å². The predicted molar refractivity (Wildman–Crippen MR) is 127 cm³/mol. The van der Waals surface area contributed by atoms with E-state index in [1.807, 2.05) is 60.7 Å². The van der Waals surface area contributed by atoms with E-state index in [4.69, 9.17) is 21.5 Å². The molecule has 3 aromatic rings. The third-order valence-corrected chi connectivity index (χ3v) is 5.82. The van der Waals surface area contributed by atoms with Crippen LogP contribution >= 0.6 is 11.6 Å². The average molecular weight is 421 g/mol. The van der Waals surface area contributed by atoms with Crippen LogP contribution in [0.15, 0.2) is 108 Å². The molecule has 6 heteroatoms. The van der Waals surface area contributed by atoms with Crippen LogP contribution in [0, 0.1) is 11.3 Å². The van der Waals surface area contributed by atoms with Gasteiger partial charge in [0.1, 0.15) is 0 Å². The van der Waals surface area contributed by atoms with Crippen molar-refractivity contribution < 1.29 is 4.65 Å². The van der Waals surface area contributed by atoms with Crippen molar-refractivity contribution >= 4 is 45.4 Å². The summed E-state index contributed by atoms with van der Waals surface area (Å²) in [4.78, 5) is 0. The van der Waals surface area contributed by atoms with Gasteiger partial charge in [-0.2, -0.15) is 16.2 Å². The quantitative estimate of drug-likeness (QED) is 0.609. The van der Waals surface area contributed by atoms with Gasteiger partial charge >= 0.3 is 5.17 Å². The van der Waals surface area contributed by atoms with Gasteiger partial charge in [-0.25, -0.2) is 0 Å². The summed E-state index contributed by atoms with van der Waals surface area (Å²) in [5.74, 6) is 0.689. The Balaban J connectivity index is 1.78. The van der Waals surface area contributed by atoms with Crippen molar-refractivity contribution in [1.29, 1.82) is 5.26 Å². The number of halogens is 1. The lowest BCUT2D eigenvalue weighted by molar-refractivity contribution is 0.533. The van der Waals surface area contributed by atoms with E-state index in [1.54, 1.807) is 12.1 Å². The lowest BCUT2D eigenvalue weighted by Crippen LogP contribution is -2.68. The van der Waals surface area contributed by atoms with Gasteiger partial charge in [-0.3, -0.25) is 0 Å². The number of allylic oxidation sites excluding steroid dienone is 3. The summed E-state index contributed by atoms with van der Waals surface area (Å²) < 4.78 is 6.87. The van der Waals surface area contributed by atoms with E-state index in [2.05, 4.69) is 40.5 Å². The van der Waals surface area contributed by atoms with E-state index >= 15 is 0 Å². The highest BCUT2D eigenvalue weighted by Crippen LogP contribution is 2.32. The van der Waals surface area contributed by atoms with E-state index < -0.39 is 6.35 Å². The first-order chi connectivity index (χ1) is 15.2. The number of hydrogen-bond donors (Lipinski definition) is 0. The maximum absolute atomic E-state index is 9.16. The Morgan fingerprint density at radius 3 is 2.03 bits per heavy atom. The van der Waals surface area contributed by atoms with Crippen LogP contribution in [0.2, 0.25) is 0 Å². The average Bonchev–Trinajstić information content (AvgIpc) is 2.84. The molecule has 0 atom stereocenters. The topological polar surface area (TPSA) is 59.5 Å². The molecule has 31 heavy (non-hydrogen) atoms. The van der Waals surface area contributed by atoms with Gasteiger partial charge in [0, 0.05) is 22.4 Å². The number of hydrogen-bond acceptors (Lipinski definition) is 4. The molecule has 0 fully saturated rings. The van der Waals surface area contributed by atoms with Gasteiger partial charge in [-0.1, -0.05) is 72.8 Å². The van der Waals surface area contributed by atoms with Gasteiger partial charge in [0.2, 0.25) is 5.10 Å². The third-order valence-electron chi connectivity index (χ3n) is 5.64. The minimum atomic E-state index is -1.91. The lowest BCUT2D eigenvalue weighted by atomic mass is 9.27. The van der Waals surface area contributed by atoms with Gasteiger partial charge < -0.3 is 4.65 Å². The van der Waals surface area contributed by atoms with Crippen LogP contribution < -0.4 is 16.0 Å². The standard InChI is InChI=1S/C25H16BClN3O/c27-24-16-20-15-23(19-13-11-18(17-28)12-14-19)31-26(25(20)30-29-24,21-7-3-1-4-8-21)22-9-5-2-6-10-22/h1-16H. The second-order valence-electron chi connectivity index (χ2n) is 7.43. The molecule has 5 rings (SSSR count). The van der Waals surface area contributed by atoms with Gasteiger partial charge in [-0.15, -0.1) is 0 Å². The molecule has 0 unspecified atom stereocenters. The monoisotopic (exact) mass is 420 g/mol. The number of nitriles is 1. The molecular weight excluding hydrogens is 405 g/mol. The molecule has 4 nitrogen and oxygen atoms in total. The van der Waals surface area contributed by atoms with Crippen molar-refractivity contribution in [1.82, 2.24) is 5.10 Å². The summed E-state index contributed by atoms with van der Waals surface area (Å²) in [7, 11) is 0. The highest BCUT2D eigenvalue weighted by molar-refractivity contribution is 7.21. The summed E-state index contributed by atoms with van der Waals surface area (Å²) in [6.45, 7) is 0. The molecule has 2 aliphatic rings. The van der Waals surface area contributed by atoms with Crippen molar-refractivity contribution in [3.8, 4) is 6.07 Å². The Hall–Kier alpha value is -3.88. The van der Waals surface area contributed by atoms with Crippen LogP contribution in [-0.4, -0.2) is 17.1 Å². The molecule has 0 bridgehead atoms. The largest absolute Gasteiger partial charge is 0.701 e. The fraction of sp³-hybridized carbons (Fsp3) is 0. The molecule has 0 aliphatic carbocycles. The summed E-state index contributed by atoms with van der Waals surface area (Å²) in [5, 5.41) is 18.1. The van der Waals surface area contributed by atoms with Crippen molar-refractivity contribution in [2.75, 3.05) is 0 Å². The van der Waals surface area contributed by atoms with Crippen molar-refractivity contribution in [3.05, 3.63) is 114 Å². The smallest absolute Gasteiger partial charge is 0.381 e. The van der Waals surface area contributed by atoms with E-state index in [-0.39, 0.29) is 0 Å². The molecule has 147 valence electrons. The lowest BCUT2D eigenvalue weighted by Gasteiger charge is -2.47. The van der Waals surface area contributed by atoms with Crippen molar-refractivity contribution in [2.24, 2.45) is 5.10 Å². The van der Waals surface area contributed by atoms with Gasteiger partial charge in [-0.05, 0) is 35.4 Å². The zero-order valence-corrected chi connectivity index (χ0v) is 17.2. The van der Waals surface area contributed by atoms with Crippen molar-refractivity contribution in [3.63, 3.8) is 0 Å². The zero-order chi connectivity index (χ0) is 21.3. The summed E-state index contributed by atoms with van der Waals surface area (Å²) in [6, 6.07) is 29.6. The number of nitrogens with zero attached hydrogens (tertiary/aromatic N) is 3. The molecule has 2 heterocycles. The van der Waals surface area contributed by atoms with E-state index in [0.29, 0.717) is 16.5 Å². The second kappa shape index (κ2) is 7.75. The van der Waals surface area contributed by atoms with Crippen LogP contribution in [0.1, 0.15) is 11.1 Å². The van der Waals surface area contributed by atoms with Crippen LogP contribution in [0.25, 0.3) is 5.76 Å². The highest BCUT2D eigenvalue weighted by atomic mass is 35.5. The number of fused-ring (bicyclic) bond motifs is 1. The first kappa shape index (κ1) is 19.1. The van der Waals surface area contributed by atoms with Crippen LogP contribution in [0.5, 0.6) is 0 Å². The zero-order valence-electron chi connectivity index (χ0n) is 16.4. The first-order valence-electron chi connectivity index (χ1n) is 9.91. The highest BCUT2D eigenvalue weighted by Gasteiger charge is 2.44. The minimum Gasteiger partial charge on any atom is -0.701 e. The summed E-state index contributed by atoms with van der Waals surface area (Å²) in [5.41, 5.74) is 5.04. The van der Waals surface area contributed by atoms with Crippen LogP contribution in [-0.2, 0) is 4.65 Å². The molecule has 3 aromatic carbocycles. The van der Waals surface area contributed by atoms with E-state index in [0.717, 1.165) is 27.7 Å². The molecule has 0 amide bonds. The summed E-state index contributed by atoms with van der Waals surface area (Å²) in [6.07, 6.45) is 1.84. The molecule has 0 N–H and O–H groups in total. The normalized spacial score (nSPS) is 16.5. The fourth-order valence-corrected chi connectivity index (χ4v) is 4.35. The maximum atomic E-state index is 9.16. The van der Waals surface area contributed by atoms with Crippen LogP contribution in [0.4, 0.5) is 0 Å². The van der Waals surface area contributed by atoms with Gasteiger partial charge in [0.05, 0.1) is 17.4 Å². The molecule has 0 spiro atoms. The number of rotatable bonds is 3. The molecule has 0 aromatic heterocycles. The Morgan fingerprint density at radius 2 is 1.45 bits per heavy atom.